The average molecular weight is 515 g/mol. The standard InChI is InChI=1S/C26H30N2O5S2/c1-19-9-11-22(28-17-26(29)27-13-14-34-18-20-7-5-4-6-8-20)25(15-19)35(30,31)21-10-12-23(32-2)24(16-21)33-3/h4-12,15-16,28H,13-14,17-18H2,1-3H3,(H,27,29). The van der Waals surface area contributed by atoms with Gasteiger partial charge in [0.2, 0.25) is 15.7 Å². The Bertz CT molecular complexity index is 1250. The summed E-state index contributed by atoms with van der Waals surface area (Å²) in [6, 6.07) is 19.7. The highest BCUT2D eigenvalue weighted by Crippen LogP contribution is 2.34. The molecule has 3 aromatic rings. The van der Waals surface area contributed by atoms with Crippen molar-refractivity contribution >= 4 is 33.2 Å². The largest absolute Gasteiger partial charge is 0.493 e. The molecule has 0 saturated heterocycles. The lowest BCUT2D eigenvalue weighted by Gasteiger charge is -2.15. The minimum atomic E-state index is -3.88. The minimum absolute atomic E-state index is 0.0408. The van der Waals surface area contributed by atoms with E-state index in [4.69, 9.17) is 9.47 Å². The van der Waals surface area contributed by atoms with Crippen LogP contribution in [-0.2, 0) is 20.4 Å². The van der Waals surface area contributed by atoms with E-state index in [9.17, 15) is 13.2 Å². The van der Waals surface area contributed by atoms with Gasteiger partial charge in [-0.1, -0.05) is 36.4 Å². The number of ether oxygens (including phenoxy) is 2. The highest BCUT2D eigenvalue weighted by molar-refractivity contribution is 7.98. The fourth-order valence-electron chi connectivity index (χ4n) is 3.37. The predicted octanol–water partition coefficient (Wildman–Crippen LogP) is 4.31. The Hall–Kier alpha value is -3.17. The van der Waals surface area contributed by atoms with Crippen molar-refractivity contribution in [3.05, 3.63) is 77.9 Å². The first-order chi connectivity index (χ1) is 16.8. The van der Waals surface area contributed by atoms with E-state index < -0.39 is 9.84 Å². The minimum Gasteiger partial charge on any atom is -0.493 e. The van der Waals surface area contributed by atoms with Gasteiger partial charge in [0.1, 0.15) is 0 Å². The molecule has 2 N–H and O–H groups in total. The maximum Gasteiger partial charge on any atom is 0.239 e. The molecule has 0 heterocycles. The summed E-state index contributed by atoms with van der Waals surface area (Å²) in [6.07, 6.45) is 0. The zero-order valence-electron chi connectivity index (χ0n) is 20.0. The second-order valence-electron chi connectivity index (χ2n) is 7.76. The van der Waals surface area contributed by atoms with Gasteiger partial charge in [-0.05, 0) is 42.3 Å². The van der Waals surface area contributed by atoms with Crippen LogP contribution in [0.15, 0.2) is 76.5 Å². The third kappa shape index (κ3) is 7.16. The van der Waals surface area contributed by atoms with E-state index in [-0.39, 0.29) is 22.2 Å². The Balaban J connectivity index is 1.62. The molecule has 35 heavy (non-hydrogen) atoms. The van der Waals surface area contributed by atoms with Gasteiger partial charge in [-0.15, -0.1) is 0 Å². The Labute approximate surface area is 211 Å². The van der Waals surface area contributed by atoms with Gasteiger partial charge < -0.3 is 20.1 Å². The third-order valence-electron chi connectivity index (χ3n) is 5.21. The number of carbonyl (C=O) groups is 1. The van der Waals surface area contributed by atoms with Crippen LogP contribution in [0, 0.1) is 6.92 Å². The quantitative estimate of drug-likeness (QED) is 0.348. The Morgan fingerprint density at radius 2 is 1.69 bits per heavy atom. The van der Waals surface area contributed by atoms with Crippen LogP contribution in [0.3, 0.4) is 0 Å². The fraction of sp³-hybridized carbons (Fsp3) is 0.269. The number of methoxy groups -OCH3 is 2. The molecule has 0 aliphatic carbocycles. The molecule has 0 radical (unpaired) electrons. The smallest absolute Gasteiger partial charge is 0.239 e. The maximum absolute atomic E-state index is 13.4. The van der Waals surface area contributed by atoms with Crippen molar-refractivity contribution in [3.8, 4) is 11.5 Å². The summed E-state index contributed by atoms with van der Waals surface area (Å²) in [5.74, 6) is 2.22. The normalized spacial score (nSPS) is 11.1. The molecule has 0 spiro atoms. The van der Waals surface area contributed by atoms with E-state index in [0.717, 1.165) is 17.1 Å². The first-order valence-corrected chi connectivity index (χ1v) is 13.7. The second kappa shape index (κ2) is 12.5. The number of nitrogens with one attached hydrogen (secondary N) is 2. The van der Waals surface area contributed by atoms with Gasteiger partial charge in [-0.2, -0.15) is 11.8 Å². The lowest BCUT2D eigenvalue weighted by Crippen LogP contribution is -2.31. The number of carbonyl (C=O) groups excluding carboxylic acids is 1. The number of sulfone groups is 1. The van der Waals surface area contributed by atoms with Crippen molar-refractivity contribution in [2.45, 2.75) is 22.5 Å². The average Bonchev–Trinajstić information content (AvgIpc) is 2.87. The summed E-state index contributed by atoms with van der Waals surface area (Å²) in [5.41, 5.74) is 2.39. The van der Waals surface area contributed by atoms with Gasteiger partial charge in [0.05, 0.1) is 36.2 Å². The van der Waals surface area contributed by atoms with Crippen LogP contribution in [0.2, 0.25) is 0 Å². The first-order valence-electron chi connectivity index (χ1n) is 11.0. The molecular weight excluding hydrogens is 484 g/mol. The molecule has 186 valence electrons. The number of benzene rings is 3. The molecule has 7 nitrogen and oxygen atoms in total. The van der Waals surface area contributed by atoms with Crippen molar-refractivity contribution in [2.24, 2.45) is 0 Å². The highest BCUT2D eigenvalue weighted by Gasteiger charge is 2.23. The fourth-order valence-corrected chi connectivity index (χ4v) is 5.73. The lowest BCUT2D eigenvalue weighted by atomic mass is 10.2. The van der Waals surface area contributed by atoms with Crippen LogP contribution in [0.5, 0.6) is 11.5 Å². The van der Waals surface area contributed by atoms with Crippen LogP contribution in [0.4, 0.5) is 5.69 Å². The van der Waals surface area contributed by atoms with Gasteiger partial charge >= 0.3 is 0 Å². The number of amides is 1. The SMILES string of the molecule is COc1ccc(S(=O)(=O)c2cc(C)ccc2NCC(=O)NCCSCc2ccccc2)cc1OC. The number of thioether (sulfide) groups is 1. The molecule has 0 aliphatic heterocycles. The van der Waals surface area contributed by atoms with E-state index in [2.05, 4.69) is 22.8 Å². The van der Waals surface area contributed by atoms with Gasteiger partial charge in [0.25, 0.3) is 0 Å². The van der Waals surface area contributed by atoms with Crippen molar-refractivity contribution < 1.29 is 22.7 Å². The summed E-state index contributed by atoms with van der Waals surface area (Å²) in [4.78, 5) is 12.5. The Morgan fingerprint density at radius 1 is 0.943 bits per heavy atom. The van der Waals surface area contributed by atoms with Crippen LogP contribution < -0.4 is 20.1 Å². The summed E-state index contributed by atoms with van der Waals surface area (Å²) in [6.45, 7) is 2.31. The monoisotopic (exact) mass is 514 g/mol. The van der Waals surface area contributed by atoms with E-state index in [1.807, 2.05) is 25.1 Å². The predicted molar refractivity (Wildman–Crippen MR) is 140 cm³/mol. The molecule has 0 saturated carbocycles. The molecule has 3 rings (SSSR count). The zero-order valence-corrected chi connectivity index (χ0v) is 21.7. The molecule has 3 aromatic carbocycles. The molecule has 0 fully saturated rings. The third-order valence-corrected chi connectivity index (χ3v) is 8.03. The molecule has 0 bridgehead atoms. The molecule has 9 heteroatoms. The maximum atomic E-state index is 13.4. The van der Waals surface area contributed by atoms with Crippen molar-refractivity contribution in [1.82, 2.24) is 5.32 Å². The van der Waals surface area contributed by atoms with Crippen molar-refractivity contribution in [2.75, 3.05) is 38.4 Å². The molecule has 0 aromatic heterocycles. The molecule has 1 amide bonds. The summed E-state index contributed by atoms with van der Waals surface area (Å²) in [5, 5.41) is 5.85. The zero-order chi connectivity index (χ0) is 25.3. The van der Waals surface area contributed by atoms with E-state index in [1.54, 1.807) is 36.0 Å². The van der Waals surface area contributed by atoms with Crippen molar-refractivity contribution in [3.63, 3.8) is 0 Å². The van der Waals surface area contributed by atoms with Gasteiger partial charge in [-0.3, -0.25) is 4.79 Å². The number of hydrogen-bond donors (Lipinski definition) is 2. The summed E-state index contributed by atoms with van der Waals surface area (Å²) >= 11 is 1.74. The number of hydrogen-bond acceptors (Lipinski definition) is 7. The van der Waals surface area contributed by atoms with Crippen LogP contribution in [-0.4, -0.2) is 47.4 Å². The number of anilines is 1. The van der Waals surface area contributed by atoms with Crippen LogP contribution >= 0.6 is 11.8 Å². The second-order valence-corrected chi connectivity index (χ2v) is 10.8. The van der Waals surface area contributed by atoms with Crippen molar-refractivity contribution in [1.29, 1.82) is 0 Å². The summed E-state index contributed by atoms with van der Waals surface area (Å²) < 4.78 is 37.4. The Kier molecular flexibility index (Phi) is 9.45. The molecule has 0 atom stereocenters. The Morgan fingerprint density at radius 3 is 2.40 bits per heavy atom. The molecule has 0 unspecified atom stereocenters. The van der Waals surface area contributed by atoms with Crippen LogP contribution in [0.1, 0.15) is 11.1 Å². The van der Waals surface area contributed by atoms with E-state index in [0.29, 0.717) is 23.7 Å². The van der Waals surface area contributed by atoms with Gasteiger partial charge in [0, 0.05) is 24.1 Å². The lowest BCUT2D eigenvalue weighted by molar-refractivity contribution is -0.119. The number of rotatable bonds is 12. The summed E-state index contributed by atoms with van der Waals surface area (Å²) in [7, 11) is -0.943. The van der Waals surface area contributed by atoms with Gasteiger partial charge in [-0.25, -0.2) is 8.42 Å². The number of aryl methyl sites for hydroxylation is 1. The topological polar surface area (TPSA) is 93.7 Å². The molecule has 0 aliphatic rings. The first kappa shape index (κ1) is 26.4. The van der Waals surface area contributed by atoms with Crippen LogP contribution in [0.25, 0.3) is 0 Å². The highest BCUT2D eigenvalue weighted by atomic mass is 32.2. The van der Waals surface area contributed by atoms with Gasteiger partial charge in [0.15, 0.2) is 11.5 Å². The van der Waals surface area contributed by atoms with E-state index in [1.165, 1.54) is 31.9 Å². The molecular formula is C26H30N2O5S2. The van der Waals surface area contributed by atoms with E-state index >= 15 is 0 Å².